The Kier molecular flexibility index (Phi) is 5.02. The molecular formula is C16H17ClN2O. The molecule has 1 atom stereocenters. The molecule has 0 aliphatic heterocycles. The van der Waals surface area contributed by atoms with E-state index in [0.29, 0.717) is 5.02 Å². The standard InChI is InChI=1S/C16H17ClN2O/c1-12(14-9-5-6-10-15(14)17)19-16(20)11-18-13-7-3-2-4-8-13/h2-10,12,18H,11H2,1H3,(H,19,20)/t12-/m1/s1. The number of rotatable bonds is 5. The van der Waals surface area contributed by atoms with Gasteiger partial charge in [0.05, 0.1) is 12.6 Å². The summed E-state index contributed by atoms with van der Waals surface area (Å²) in [4.78, 5) is 11.9. The van der Waals surface area contributed by atoms with Gasteiger partial charge in [0.15, 0.2) is 0 Å². The first-order valence-electron chi connectivity index (χ1n) is 6.49. The smallest absolute Gasteiger partial charge is 0.239 e. The molecule has 0 bridgehead atoms. The maximum Gasteiger partial charge on any atom is 0.239 e. The number of hydrogen-bond donors (Lipinski definition) is 2. The van der Waals surface area contributed by atoms with Gasteiger partial charge < -0.3 is 10.6 Å². The van der Waals surface area contributed by atoms with Crippen molar-refractivity contribution in [3.05, 3.63) is 65.2 Å². The number of benzene rings is 2. The van der Waals surface area contributed by atoms with Crippen LogP contribution in [0.3, 0.4) is 0 Å². The lowest BCUT2D eigenvalue weighted by Gasteiger charge is -2.16. The highest BCUT2D eigenvalue weighted by Gasteiger charge is 2.11. The Hall–Kier alpha value is -2.00. The molecule has 2 aromatic rings. The van der Waals surface area contributed by atoms with Crippen LogP contribution in [-0.4, -0.2) is 12.5 Å². The van der Waals surface area contributed by atoms with E-state index in [1.54, 1.807) is 0 Å². The second kappa shape index (κ2) is 6.96. The minimum absolute atomic E-state index is 0.0683. The molecule has 0 radical (unpaired) electrons. The van der Waals surface area contributed by atoms with Crippen molar-refractivity contribution in [2.45, 2.75) is 13.0 Å². The fourth-order valence-corrected chi connectivity index (χ4v) is 2.23. The molecule has 104 valence electrons. The molecule has 2 rings (SSSR count). The SMILES string of the molecule is C[C@@H](NC(=O)CNc1ccccc1)c1ccccc1Cl. The van der Waals surface area contributed by atoms with Crippen LogP contribution in [0.5, 0.6) is 0 Å². The van der Waals surface area contributed by atoms with Crippen LogP contribution in [0.4, 0.5) is 5.69 Å². The third-order valence-corrected chi connectivity index (χ3v) is 3.32. The van der Waals surface area contributed by atoms with E-state index in [9.17, 15) is 4.79 Å². The summed E-state index contributed by atoms with van der Waals surface area (Å²) in [6.07, 6.45) is 0. The Labute approximate surface area is 124 Å². The first-order valence-corrected chi connectivity index (χ1v) is 6.87. The van der Waals surface area contributed by atoms with Gasteiger partial charge in [-0.25, -0.2) is 0 Å². The van der Waals surface area contributed by atoms with Crippen molar-refractivity contribution in [3.63, 3.8) is 0 Å². The average Bonchev–Trinajstić information content (AvgIpc) is 2.46. The number of halogens is 1. The summed E-state index contributed by atoms with van der Waals surface area (Å²) in [5.74, 6) is -0.0683. The number of amides is 1. The van der Waals surface area contributed by atoms with E-state index in [1.165, 1.54) is 0 Å². The van der Waals surface area contributed by atoms with Gasteiger partial charge in [-0.05, 0) is 30.7 Å². The molecule has 2 aromatic carbocycles. The Balaban J connectivity index is 1.87. The molecule has 0 aliphatic rings. The summed E-state index contributed by atoms with van der Waals surface area (Å²) < 4.78 is 0. The van der Waals surface area contributed by atoms with E-state index in [-0.39, 0.29) is 18.5 Å². The van der Waals surface area contributed by atoms with Gasteiger partial charge in [-0.15, -0.1) is 0 Å². The van der Waals surface area contributed by atoms with Crippen molar-refractivity contribution >= 4 is 23.2 Å². The van der Waals surface area contributed by atoms with Gasteiger partial charge in [0.1, 0.15) is 0 Å². The van der Waals surface area contributed by atoms with Gasteiger partial charge in [0.2, 0.25) is 5.91 Å². The Morgan fingerprint density at radius 1 is 1.10 bits per heavy atom. The second-order valence-electron chi connectivity index (χ2n) is 4.53. The molecule has 0 aliphatic carbocycles. The summed E-state index contributed by atoms with van der Waals surface area (Å²) >= 11 is 6.11. The second-order valence-corrected chi connectivity index (χ2v) is 4.94. The van der Waals surface area contributed by atoms with Crippen LogP contribution in [0.2, 0.25) is 5.02 Å². The largest absolute Gasteiger partial charge is 0.376 e. The predicted molar refractivity (Wildman–Crippen MR) is 82.9 cm³/mol. The van der Waals surface area contributed by atoms with Crippen molar-refractivity contribution in [1.29, 1.82) is 0 Å². The molecule has 0 saturated carbocycles. The maximum atomic E-state index is 11.9. The topological polar surface area (TPSA) is 41.1 Å². The lowest BCUT2D eigenvalue weighted by molar-refractivity contribution is -0.120. The minimum Gasteiger partial charge on any atom is -0.376 e. The van der Waals surface area contributed by atoms with Crippen LogP contribution >= 0.6 is 11.6 Å². The lowest BCUT2D eigenvalue weighted by Crippen LogP contribution is -2.32. The van der Waals surface area contributed by atoms with Gasteiger partial charge in [-0.2, -0.15) is 0 Å². The van der Waals surface area contributed by atoms with Crippen LogP contribution in [0.15, 0.2) is 54.6 Å². The number of hydrogen-bond acceptors (Lipinski definition) is 2. The number of anilines is 1. The molecule has 4 heteroatoms. The highest BCUT2D eigenvalue weighted by atomic mass is 35.5. The first kappa shape index (κ1) is 14.4. The van der Waals surface area contributed by atoms with E-state index in [0.717, 1.165) is 11.3 Å². The van der Waals surface area contributed by atoms with Crippen molar-refractivity contribution in [1.82, 2.24) is 5.32 Å². The van der Waals surface area contributed by atoms with Gasteiger partial charge in [-0.3, -0.25) is 4.79 Å². The van der Waals surface area contributed by atoms with Crippen molar-refractivity contribution in [2.75, 3.05) is 11.9 Å². The summed E-state index contributed by atoms with van der Waals surface area (Å²) in [6, 6.07) is 17.0. The van der Waals surface area contributed by atoms with E-state index in [2.05, 4.69) is 10.6 Å². The molecule has 20 heavy (non-hydrogen) atoms. The number of para-hydroxylation sites is 1. The third-order valence-electron chi connectivity index (χ3n) is 2.98. The molecule has 0 unspecified atom stereocenters. The maximum absolute atomic E-state index is 11.9. The fraction of sp³-hybridized carbons (Fsp3) is 0.188. The van der Waals surface area contributed by atoms with Gasteiger partial charge in [-0.1, -0.05) is 48.0 Å². The van der Waals surface area contributed by atoms with Crippen LogP contribution in [0, 0.1) is 0 Å². The zero-order valence-corrected chi connectivity index (χ0v) is 12.0. The van der Waals surface area contributed by atoms with E-state index in [1.807, 2.05) is 61.5 Å². The van der Waals surface area contributed by atoms with Crippen LogP contribution in [-0.2, 0) is 4.79 Å². The Bertz CT molecular complexity index is 572. The fourth-order valence-electron chi connectivity index (χ4n) is 1.93. The summed E-state index contributed by atoms with van der Waals surface area (Å²) in [5.41, 5.74) is 1.84. The highest BCUT2D eigenvalue weighted by Crippen LogP contribution is 2.21. The van der Waals surface area contributed by atoms with Gasteiger partial charge >= 0.3 is 0 Å². The van der Waals surface area contributed by atoms with Crippen molar-refractivity contribution in [2.24, 2.45) is 0 Å². The molecule has 3 nitrogen and oxygen atoms in total. The molecule has 0 heterocycles. The lowest BCUT2D eigenvalue weighted by atomic mass is 10.1. The summed E-state index contributed by atoms with van der Waals surface area (Å²) in [5, 5.41) is 6.66. The Morgan fingerprint density at radius 3 is 2.45 bits per heavy atom. The van der Waals surface area contributed by atoms with Crippen molar-refractivity contribution < 1.29 is 4.79 Å². The van der Waals surface area contributed by atoms with Gasteiger partial charge in [0, 0.05) is 10.7 Å². The zero-order chi connectivity index (χ0) is 14.4. The molecule has 0 aromatic heterocycles. The quantitative estimate of drug-likeness (QED) is 0.882. The average molecular weight is 289 g/mol. The number of nitrogens with one attached hydrogen (secondary N) is 2. The van der Waals surface area contributed by atoms with Crippen LogP contribution in [0.25, 0.3) is 0 Å². The normalized spacial score (nSPS) is 11.7. The third kappa shape index (κ3) is 4.00. The molecule has 1 amide bonds. The Morgan fingerprint density at radius 2 is 1.75 bits per heavy atom. The van der Waals surface area contributed by atoms with Crippen molar-refractivity contribution in [3.8, 4) is 0 Å². The molecule has 0 spiro atoms. The monoisotopic (exact) mass is 288 g/mol. The highest BCUT2D eigenvalue weighted by molar-refractivity contribution is 6.31. The number of carbonyl (C=O) groups excluding carboxylic acids is 1. The summed E-state index contributed by atoms with van der Waals surface area (Å²) in [6.45, 7) is 2.15. The van der Waals surface area contributed by atoms with E-state index >= 15 is 0 Å². The van der Waals surface area contributed by atoms with E-state index in [4.69, 9.17) is 11.6 Å². The van der Waals surface area contributed by atoms with Crippen LogP contribution in [0.1, 0.15) is 18.5 Å². The molecular weight excluding hydrogens is 272 g/mol. The predicted octanol–water partition coefficient (Wildman–Crippen LogP) is 3.63. The first-order chi connectivity index (χ1) is 9.66. The van der Waals surface area contributed by atoms with Crippen LogP contribution < -0.4 is 10.6 Å². The molecule has 0 fully saturated rings. The number of carbonyl (C=O) groups is 1. The molecule has 0 saturated heterocycles. The minimum atomic E-state index is -0.117. The molecule has 2 N–H and O–H groups in total. The van der Waals surface area contributed by atoms with E-state index < -0.39 is 0 Å². The van der Waals surface area contributed by atoms with Gasteiger partial charge in [0.25, 0.3) is 0 Å². The zero-order valence-electron chi connectivity index (χ0n) is 11.3. The summed E-state index contributed by atoms with van der Waals surface area (Å²) in [7, 11) is 0.